The molecule has 59 heavy (non-hydrogen) atoms. The van der Waals surface area contributed by atoms with Gasteiger partial charge < -0.3 is 9.40 Å². The van der Waals surface area contributed by atoms with E-state index in [-0.39, 0.29) is 48.0 Å². The fraction of sp³-hybridized carbons (Fsp3) is 0.135. The van der Waals surface area contributed by atoms with Crippen molar-refractivity contribution in [3.8, 4) is 44.8 Å². The summed E-state index contributed by atoms with van der Waals surface area (Å²) in [4.78, 5) is 13.2. The quantitative estimate of drug-likeness (QED) is 0.118. The van der Waals surface area contributed by atoms with Gasteiger partial charge in [-0.05, 0) is 53.6 Å². The number of aromatic nitrogens is 3. The minimum Gasteiger partial charge on any atom is -0.486 e. The number of furan rings is 1. The molecule has 7 heteroatoms. The monoisotopic (exact) mass is 1020 g/mol. The Kier molecular flexibility index (Phi) is 10.0. The summed E-state index contributed by atoms with van der Waals surface area (Å²) in [5.74, 6) is 5.64. The second kappa shape index (κ2) is 17.8. The normalized spacial score (nSPS) is 14.5. The minimum atomic E-state index is -2.45. The first-order valence-corrected chi connectivity index (χ1v) is 26.3. The maximum absolute atomic E-state index is 14.8. The van der Waals surface area contributed by atoms with Gasteiger partial charge in [0.1, 0.15) is 0 Å². The first-order chi connectivity index (χ1) is 30.8. The maximum Gasteiger partial charge on any atom is 0.216 e. The van der Waals surface area contributed by atoms with Gasteiger partial charge in [0.2, 0.25) is 5.71 Å². The van der Waals surface area contributed by atoms with Crippen LogP contribution in [0.5, 0.6) is 0 Å². The second-order valence-electron chi connectivity index (χ2n) is 15.1. The van der Waals surface area contributed by atoms with Gasteiger partial charge in [-0.15, -0.1) is 12.1 Å². The van der Waals surface area contributed by atoms with Crippen molar-refractivity contribution in [2.24, 2.45) is 0 Å². The van der Waals surface area contributed by atoms with Crippen molar-refractivity contribution in [3.05, 3.63) is 192 Å². The molecule has 4 aromatic heterocycles. The third kappa shape index (κ3) is 8.91. The van der Waals surface area contributed by atoms with Crippen molar-refractivity contribution >= 4 is 39.7 Å². The predicted octanol–water partition coefficient (Wildman–Crippen LogP) is 13.2. The first-order valence-electron chi connectivity index (χ1n) is 22.4. The first kappa shape index (κ1) is 33.3. The van der Waals surface area contributed by atoms with Crippen LogP contribution in [0.3, 0.4) is 0 Å². The number of pyridine rings is 3. The summed E-state index contributed by atoms with van der Waals surface area (Å²) >= 11 is -2.25. The van der Waals surface area contributed by atoms with Gasteiger partial charge in [-0.2, -0.15) is 0 Å². The molecule has 0 aliphatic carbocycles. The molecule has 4 nitrogen and oxygen atoms in total. The van der Waals surface area contributed by atoms with Crippen LogP contribution in [0.2, 0.25) is 17.3 Å². The Bertz CT molecular complexity index is 3160. The van der Waals surface area contributed by atoms with Gasteiger partial charge in [0.25, 0.3) is 0 Å². The molecule has 4 heterocycles. The van der Waals surface area contributed by atoms with Crippen molar-refractivity contribution < 1.29 is 38.5 Å². The molecule has 1 radical (unpaired) electrons. The van der Waals surface area contributed by atoms with Crippen LogP contribution in [0.4, 0.5) is 4.39 Å². The Hall–Kier alpha value is -5.53. The molecule has 0 fully saturated rings. The fourth-order valence-electron chi connectivity index (χ4n) is 7.08. The summed E-state index contributed by atoms with van der Waals surface area (Å²) < 4.78 is 77.7. The van der Waals surface area contributed by atoms with Crippen molar-refractivity contribution in [2.45, 2.75) is 43.8 Å². The van der Waals surface area contributed by atoms with E-state index in [2.05, 4.69) is 94.0 Å². The molecule has 0 amide bonds. The zero-order valence-electron chi connectivity index (χ0n) is 39.9. The van der Waals surface area contributed by atoms with Gasteiger partial charge in [-0.1, -0.05) is 42.0 Å². The standard InChI is InChI=1S/C28H28GeN.C24H16FN2O.Ir/c1-21(22-12-7-5-8-13-22)26-19-28(30-20-27(26)29(2,3)4)25-17-11-16-24(18-25)23-14-9-6-10-15-23;1-14-13-26-21(12-19(14)16-6-4-3-5-7-16)17-10-11-20(25)22-18-9-8-15(2)27-24(18)28-23(17)22;/h5-16,18-21H,1-4H3;3-9,11-13H,1-2H3;/q2*-1;/i21D;1D3,2D3;. The summed E-state index contributed by atoms with van der Waals surface area (Å²) in [6.07, 6.45) is 3.31. The Morgan fingerprint density at radius 2 is 1.44 bits per heavy atom. The Morgan fingerprint density at radius 3 is 2.14 bits per heavy atom. The number of benzene rings is 5. The van der Waals surface area contributed by atoms with Gasteiger partial charge in [0, 0.05) is 51.4 Å². The summed E-state index contributed by atoms with van der Waals surface area (Å²) in [5, 5.41) is 0.439. The van der Waals surface area contributed by atoms with Crippen LogP contribution >= 0.6 is 0 Å². The third-order valence-electron chi connectivity index (χ3n) is 10.1. The molecule has 0 saturated carbocycles. The number of rotatable bonds is 7. The zero-order chi connectivity index (χ0) is 46.3. The fourth-order valence-corrected chi connectivity index (χ4v) is 10.3. The summed E-state index contributed by atoms with van der Waals surface area (Å²) in [6.45, 7) is -2.84. The van der Waals surface area contributed by atoms with Crippen LogP contribution in [-0.2, 0) is 20.1 Å². The molecule has 295 valence electrons. The van der Waals surface area contributed by atoms with Gasteiger partial charge >= 0.3 is 185 Å². The van der Waals surface area contributed by atoms with E-state index in [1.54, 1.807) is 30.3 Å². The number of halogens is 1. The largest absolute Gasteiger partial charge is 0.486 e. The Labute approximate surface area is 372 Å². The van der Waals surface area contributed by atoms with Crippen LogP contribution in [-0.4, -0.2) is 28.2 Å². The van der Waals surface area contributed by atoms with E-state index in [1.165, 1.54) is 28.3 Å². The summed E-state index contributed by atoms with van der Waals surface area (Å²) in [6, 6.07) is 49.5. The number of hydrogen-bond donors (Lipinski definition) is 0. The molecule has 0 bridgehead atoms. The van der Waals surface area contributed by atoms with E-state index in [9.17, 15) is 5.76 Å². The molecule has 0 aliphatic heterocycles. The molecular weight excluding hydrogens is 966 g/mol. The number of aryl methyl sites for hydroxylation is 2. The summed E-state index contributed by atoms with van der Waals surface area (Å²) in [7, 11) is 0. The van der Waals surface area contributed by atoms with Crippen LogP contribution in [0.1, 0.15) is 44.8 Å². The summed E-state index contributed by atoms with van der Waals surface area (Å²) in [5.41, 5.74) is 7.97. The van der Waals surface area contributed by atoms with Crippen LogP contribution < -0.4 is 4.40 Å². The molecule has 1 unspecified atom stereocenters. The van der Waals surface area contributed by atoms with Gasteiger partial charge in [0.15, 0.2) is 0 Å². The van der Waals surface area contributed by atoms with E-state index in [0.29, 0.717) is 27.8 Å². The van der Waals surface area contributed by atoms with E-state index in [1.807, 2.05) is 49.5 Å². The molecule has 0 aliphatic rings. The smallest absolute Gasteiger partial charge is 0.216 e. The number of fused-ring (bicyclic) bond motifs is 3. The number of nitrogens with zero attached hydrogens (tertiary/aromatic N) is 3. The molecule has 0 N–H and O–H groups in total. The third-order valence-corrected chi connectivity index (χ3v) is 14.3. The van der Waals surface area contributed by atoms with Gasteiger partial charge in [-0.3, -0.25) is 4.39 Å². The molecule has 9 rings (SSSR count). The van der Waals surface area contributed by atoms with Crippen LogP contribution in [0.15, 0.2) is 156 Å². The van der Waals surface area contributed by atoms with Crippen LogP contribution in [0.25, 0.3) is 66.8 Å². The predicted molar refractivity (Wildman–Crippen MR) is 239 cm³/mol. The maximum atomic E-state index is 14.8. The molecule has 0 saturated heterocycles. The van der Waals surface area contributed by atoms with Gasteiger partial charge in [0.05, 0.1) is 5.58 Å². The van der Waals surface area contributed by atoms with E-state index in [4.69, 9.17) is 17.6 Å². The van der Waals surface area contributed by atoms with Crippen molar-refractivity contribution in [3.63, 3.8) is 0 Å². The van der Waals surface area contributed by atoms with Gasteiger partial charge in [-0.25, -0.2) is 4.98 Å². The van der Waals surface area contributed by atoms with Crippen LogP contribution in [0, 0.1) is 31.7 Å². The molecule has 5 aromatic carbocycles. The topological polar surface area (TPSA) is 51.8 Å². The SMILES string of the molecule is [2H]C(C)(c1ccccc1)c1cc(-c2[c-]ccc(-c3ccccc3)c2)nc[c]1[Ge]([CH3])([CH3])[CH3].[2H]C([2H])([2H])c1ccc2c(n1)oc1c(-c3cc(-c4ccccc4)c(C([2H])([2H])[2H])cn3)[c-]cc(F)c12.[Ir]. The average molecular weight is 1020 g/mol. The second-order valence-corrected chi connectivity index (χ2v) is 25.6. The van der Waals surface area contributed by atoms with E-state index in [0.717, 1.165) is 34.0 Å². The Morgan fingerprint density at radius 1 is 0.746 bits per heavy atom. The van der Waals surface area contributed by atoms with Crippen molar-refractivity contribution in [1.29, 1.82) is 0 Å². The minimum absolute atomic E-state index is 0. The Balaban J connectivity index is 0.000000194. The number of hydrogen-bond acceptors (Lipinski definition) is 4. The molecule has 9 aromatic rings. The van der Waals surface area contributed by atoms with Crippen molar-refractivity contribution in [1.82, 2.24) is 15.0 Å². The van der Waals surface area contributed by atoms with E-state index < -0.39 is 38.7 Å². The molecule has 1 atom stereocenters. The molecular formula is C52H44FGeIrN3O-2. The average Bonchev–Trinajstić information content (AvgIpc) is 3.69. The zero-order valence-corrected chi connectivity index (χ0v) is 37.4. The molecule has 0 spiro atoms. The van der Waals surface area contributed by atoms with E-state index >= 15 is 0 Å². The van der Waals surface area contributed by atoms with Crippen molar-refractivity contribution in [2.75, 3.05) is 0 Å².